The molecule has 0 bridgehead atoms. The van der Waals surface area contributed by atoms with Crippen LogP contribution in [0.25, 0.3) is 11.3 Å². The second-order valence-corrected chi connectivity index (χ2v) is 8.86. The molecule has 10 heteroatoms. The van der Waals surface area contributed by atoms with E-state index in [-0.39, 0.29) is 23.5 Å². The maximum atomic E-state index is 13.3. The van der Waals surface area contributed by atoms with Gasteiger partial charge in [-0.3, -0.25) is 29.3 Å². The number of carbonyl (C=O) groups excluding carboxylic acids is 2. The number of non-ortho nitro benzene ring substituents is 1. The van der Waals surface area contributed by atoms with Crippen molar-refractivity contribution >= 4 is 17.5 Å². The Labute approximate surface area is 192 Å². The molecule has 1 aliphatic heterocycles. The van der Waals surface area contributed by atoms with Gasteiger partial charge in [0.1, 0.15) is 5.69 Å². The Hall–Kier alpha value is -3.27. The van der Waals surface area contributed by atoms with E-state index < -0.39 is 4.92 Å². The van der Waals surface area contributed by atoms with E-state index in [0.717, 1.165) is 12.8 Å². The second-order valence-electron chi connectivity index (χ2n) is 8.86. The van der Waals surface area contributed by atoms with Gasteiger partial charge in [0, 0.05) is 63.2 Å². The fraction of sp³-hybridized carbons (Fsp3) is 0.522. The summed E-state index contributed by atoms with van der Waals surface area (Å²) in [5, 5.41) is 18.5. The number of nitrogens with one attached hydrogen (secondary N) is 1. The summed E-state index contributed by atoms with van der Waals surface area (Å²) in [4.78, 5) is 40.3. The molecule has 2 amide bonds. The number of amides is 2. The summed E-state index contributed by atoms with van der Waals surface area (Å²) < 4.78 is 1.58. The lowest BCUT2D eigenvalue weighted by atomic mass is 10.1. The minimum atomic E-state index is -0.456. The second kappa shape index (κ2) is 9.70. The van der Waals surface area contributed by atoms with E-state index in [1.54, 1.807) is 35.0 Å². The quantitative estimate of drug-likeness (QED) is 0.529. The molecule has 2 fully saturated rings. The number of nitro groups is 1. The Morgan fingerprint density at radius 3 is 2.36 bits per heavy atom. The zero-order valence-electron chi connectivity index (χ0n) is 19.1. The molecule has 1 aliphatic carbocycles. The summed E-state index contributed by atoms with van der Waals surface area (Å²) in [6, 6.07) is 6.12. The van der Waals surface area contributed by atoms with Gasteiger partial charge in [0.25, 0.3) is 11.6 Å². The molecule has 1 saturated heterocycles. The molecule has 2 heterocycles. The molecule has 1 N–H and O–H groups in total. The van der Waals surface area contributed by atoms with Crippen LogP contribution in [-0.2, 0) is 11.8 Å². The summed E-state index contributed by atoms with van der Waals surface area (Å²) >= 11 is 0. The minimum absolute atomic E-state index is 0.00947. The number of hydrogen-bond acceptors (Lipinski definition) is 6. The Morgan fingerprint density at radius 1 is 1.12 bits per heavy atom. The molecule has 1 unspecified atom stereocenters. The first-order valence-corrected chi connectivity index (χ1v) is 11.5. The van der Waals surface area contributed by atoms with Gasteiger partial charge in [0.15, 0.2) is 0 Å². The third-order valence-corrected chi connectivity index (χ3v) is 6.64. The number of aromatic nitrogens is 2. The first kappa shape index (κ1) is 22.9. The van der Waals surface area contributed by atoms with Crippen LogP contribution in [0.2, 0.25) is 0 Å². The summed E-state index contributed by atoms with van der Waals surface area (Å²) in [7, 11) is 1.74. The van der Waals surface area contributed by atoms with Crippen molar-refractivity contribution in [2.75, 3.05) is 26.2 Å². The van der Waals surface area contributed by atoms with Crippen LogP contribution in [0.1, 0.15) is 43.0 Å². The van der Waals surface area contributed by atoms with E-state index in [2.05, 4.69) is 15.3 Å². The van der Waals surface area contributed by atoms with E-state index in [9.17, 15) is 19.7 Å². The Kier molecular flexibility index (Phi) is 6.73. The Morgan fingerprint density at radius 2 is 1.76 bits per heavy atom. The fourth-order valence-electron chi connectivity index (χ4n) is 4.64. The number of nitrogens with zero attached hydrogens (tertiary/aromatic N) is 5. The van der Waals surface area contributed by atoms with Gasteiger partial charge in [-0.05, 0) is 31.9 Å². The molecule has 0 radical (unpaired) electrons. The highest BCUT2D eigenvalue weighted by molar-refractivity contribution is 6.00. The van der Waals surface area contributed by atoms with Crippen LogP contribution in [0.4, 0.5) is 5.69 Å². The first-order chi connectivity index (χ1) is 15.8. The van der Waals surface area contributed by atoms with Crippen molar-refractivity contribution in [3.63, 3.8) is 0 Å². The molecule has 33 heavy (non-hydrogen) atoms. The van der Waals surface area contributed by atoms with Crippen LogP contribution in [-0.4, -0.2) is 74.6 Å². The number of piperazine rings is 1. The van der Waals surface area contributed by atoms with Crippen molar-refractivity contribution in [3.05, 3.63) is 46.1 Å². The van der Waals surface area contributed by atoms with Crippen LogP contribution in [0.3, 0.4) is 0 Å². The largest absolute Gasteiger partial charge is 0.352 e. The zero-order chi connectivity index (χ0) is 23.5. The predicted octanol–water partition coefficient (Wildman–Crippen LogP) is 2.20. The lowest BCUT2D eigenvalue weighted by Gasteiger charge is -2.37. The van der Waals surface area contributed by atoms with E-state index in [4.69, 9.17) is 0 Å². The normalized spacial score (nSPS) is 18.3. The minimum Gasteiger partial charge on any atom is -0.352 e. The van der Waals surface area contributed by atoms with Crippen molar-refractivity contribution in [1.82, 2.24) is 24.9 Å². The van der Waals surface area contributed by atoms with Crippen molar-refractivity contribution in [1.29, 1.82) is 0 Å². The molecular weight excluding hydrogens is 424 g/mol. The van der Waals surface area contributed by atoms with Gasteiger partial charge in [0.05, 0.1) is 16.5 Å². The molecule has 1 saturated carbocycles. The van der Waals surface area contributed by atoms with Crippen LogP contribution >= 0.6 is 0 Å². The van der Waals surface area contributed by atoms with E-state index in [1.807, 2.05) is 6.92 Å². The maximum Gasteiger partial charge on any atom is 0.269 e. The highest BCUT2D eigenvalue weighted by atomic mass is 16.6. The standard InChI is InChI=1S/C23H30N6O4/c1-16(22(30)24-18-5-3-4-6-18)27-11-13-28(14-12-27)23(31)20-15-26(2)25-21(20)17-7-9-19(10-8-17)29(32)33/h7-10,15-16,18H,3-6,11-14H2,1-2H3,(H,24,30). The molecule has 1 atom stereocenters. The third kappa shape index (κ3) is 5.05. The summed E-state index contributed by atoms with van der Waals surface area (Å²) in [6.45, 7) is 4.22. The smallest absolute Gasteiger partial charge is 0.269 e. The van der Waals surface area contributed by atoms with Crippen molar-refractivity contribution < 1.29 is 14.5 Å². The molecule has 10 nitrogen and oxygen atoms in total. The summed E-state index contributed by atoms with van der Waals surface area (Å²) in [5.74, 6) is -0.0615. The molecule has 2 aromatic rings. The van der Waals surface area contributed by atoms with Crippen molar-refractivity contribution in [2.45, 2.75) is 44.7 Å². The van der Waals surface area contributed by atoms with E-state index in [0.29, 0.717) is 49.0 Å². The maximum absolute atomic E-state index is 13.3. The number of nitro benzene ring substituents is 1. The van der Waals surface area contributed by atoms with Crippen LogP contribution in [0.5, 0.6) is 0 Å². The highest BCUT2D eigenvalue weighted by Crippen LogP contribution is 2.26. The Bertz CT molecular complexity index is 1020. The van der Waals surface area contributed by atoms with E-state index >= 15 is 0 Å². The highest BCUT2D eigenvalue weighted by Gasteiger charge is 2.31. The molecule has 1 aromatic carbocycles. The SMILES string of the molecule is CC(C(=O)NC1CCCC1)N1CCN(C(=O)c2cn(C)nc2-c2ccc([N+](=O)[O-])cc2)CC1. The van der Waals surface area contributed by atoms with E-state index in [1.165, 1.54) is 25.0 Å². The molecule has 0 spiro atoms. The number of rotatable bonds is 6. The predicted molar refractivity (Wildman–Crippen MR) is 123 cm³/mol. The van der Waals surface area contributed by atoms with Crippen LogP contribution < -0.4 is 5.32 Å². The van der Waals surface area contributed by atoms with Gasteiger partial charge in [-0.1, -0.05) is 12.8 Å². The topological polar surface area (TPSA) is 114 Å². The lowest BCUT2D eigenvalue weighted by molar-refractivity contribution is -0.384. The summed E-state index contributed by atoms with van der Waals surface area (Å²) in [5.41, 5.74) is 1.61. The van der Waals surface area contributed by atoms with Crippen molar-refractivity contribution in [3.8, 4) is 11.3 Å². The number of benzene rings is 1. The van der Waals surface area contributed by atoms with Crippen LogP contribution in [0, 0.1) is 10.1 Å². The first-order valence-electron chi connectivity index (χ1n) is 11.5. The molecule has 4 rings (SSSR count). The lowest BCUT2D eigenvalue weighted by Crippen LogP contribution is -2.55. The van der Waals surface area contributed by atoms with Crippen molar-refractivity contribution in [2.24, 2.45) is 7.05 Å². The summed E-state index contributed by atoms with van der Waals surface area (Å²) in [6.07, 6.45) is 6.15. The third-order valence-electron chi connectivity index (χ3n) is 6.64. The molecule has 1 aromatic heterocycles. The fourth-order valence-corrected chi connectivity index (χ4v) is 4.64. The van der Waals surface area contributed by atoms with Gasteiger partial charge >= 0.3 is 0 Å². The average molecular weight is 455 g/mol. The zero-order valence-corrected chi connectivity index (χ0v) is 19.1. The van der Waals surface area contributed by atoms with Gasteiger partial charge in [-0.2, -0.15) is 5.10 Å². The van der Waals surface area contributed by atoms with Gasteiger partial charge in [0.2, 0.25) is 5.91 Å². The van der Waals surface area contributed by atoms with Gasteiger partial charge in [-0.15, -0.1) is 0 Å². The van der Waals surface area contributed by atoms with Crippen LogP contribution in [0.15, 0.2) is 30.5 Å². The number of carbonyl (C=O) groups is 2. The van der Waals surface area contributed by atoms with Gasteiger partial charge < -0.3 is 10.2 Å². The van der Waals surface area contributed by atoms with Gasteiger partial charge in [-0.25, -0.2) is 0 Å². The Balaban J connectivity index is 1.40. The molecular formula is C23H30N6O4. The average Bonchev–Trinajstić information content (AvgIpc) is 3.47. The number of hydrogen-bond donors (Lipinski definition) is 1. The monoisotopic (exact) mass is 454 g/mol. The molecule has 176 valence electrons. The number of aryl methyl sites for hydroxylation is 1. The molecule has 2 aliphatic rings.